The Labute approximate surface area is 174 Å². The molecule has 2 aromatic heterocycles. The first-order chi connectivity index (χ1) is 14.8. The van der Waals surface area contributed by atoms with E-state index < -0.39 is 0 Å². The van der Waals surface area contributed by atoms with Crippen LogP contribution in [0.5, 0.6) is 0 Å². The van der Waals surface area contributed by atoms with Crippen molar-refractivity contribution in [3.05, 3.63) is 66.2 Å². The maximum atomic E-state index is 5.82. The van der Waals surface area contributed by atoms with Crippen LogP contribution in [-0.4, -0.2) is 42.9 Å². The molecule has 8 nitrogen and oxygen atoms in total. The van der Waals surface area contributed by atoms with Crippen molar-refractivity contribution in [1.29, 1.82) is 0 Å². The number of rotatable bonds is 7. The van der Waals surface area contributed by atoms with E-state index in [0.29, 0.717) is 6.54 Å². The quantitative estimate of drug-likeness (QED) is 0.489. The van der Waals surface area contributed by atoms with Gasteiger partial charge in [0.05, 0.1) is 36.1 Å². The zero-order valence-electron chi connectivity index (χ0n) is 16.9. The normalized spacial score (nSPS) is 18.5. The van der Waals surface area contributed by atoms with Gasteiger partial charge in [-0.05, 0) is 47.0 Å². The summed E-state index contributed by atoms with van der Waals surface area (Å²) in [6.45, 7) is 3.68. The number of nitrogens with one attached hydrogen (secondary N) is 2. The lowest BCUT2D eigenvalue weighted by atomic mass is 9.92. The molecule has 30 heavy (non-hydrogen) atoms. The summed E-state index contributed by atoms with van der Waals surface area (Å²) in [5.41, 5.74) is 4.14. The molecule has 0 radical (unpaired) electrons. The molecule has 3 heterocycles. The topological polar surface area (TPSA) is 93.5 Å². The Hall–Kier alpha value is -3.26. The highest BCUT2D eigenvalue weighted by atomic mass is 16.5. The number of hydrogen-bond acceptors (Lipinski definition) is 6. The van der Waals surface area contributed by atoms with Gasteiger partial charge in [-0.3, -0.25) is 0 Å². The number of fused-ring (bicyclic) bond motifs is 1. The predicted molar refractivity (Wildman–Crippen MR) is 114 cm³/mol. The standard InChI is InChI=1S/C22H25N7O/c1-15(16-6-3-2-4-7-16)21(25-17-9-10-19-20(12-17)24-14-23-19)22-26-27-28-29(22)13-18-8-5-11-30-18/h2-4,6-7,9-10,12,14-15,18,21,25H,5,8,11,13H2,1H3,(H,23,24). The summed E-state index contributed by atoms with van der Waals surface area (Å²) < 4.78 is 7.70. The van der Waals surface area contributed by atoms with Crippen LogP contribution in [-0.2, 0) is 11.3 Å². The molecule has 1 aliphatic rings. The minimum Gasteiger partial charge on any atom is -0.376 e. The highest BCUT2D eigenvalue weighted by molar-refractivity contribution is 5.78. The summed E-state index contributed by atoms with van der Waals surface area (Å²) in [6.07, 6.45) is 4.01. The average Bonchev–Trinajstić information content (AvgIpc) is 3.54. The van der Waals surface area contributed by atoms with Gasteiger partial charge in [-0.15, -0.1) is 5.10 Å². The van der Waals surface area contributed by atoms with Gasteiger partial charge in [-0.25, -0.2) is 9.67 Å². The van der Waals surface area contributed by atoms with Crippen LogP contribution in [0.25, 0.3) is 11.0 Å². The van der Waals surface area contributed by atoms with Gasteiger partial charge >= 0.3 is 0 Å². The molecule has 0 amide bonds. The molecule has 1 saturated heterocycles. The number of anilines is 1. The fourth-order valence-corrected chi connectivity index (χ4v) is 4.11. The van der Waals surface area contributed by atoms with Crippen molar-refractivity contribution in [2.75, 3.05) is 11.9 Å². The van der Waals surface area contributed by atoms with Gasteiger partial charge in [0.1, 0.15) is 0 Å². The largest absolute Gasteiger partial charge is 0.376 e. The minimum atomic E-state index is -0.111. The smallest absolute Gasteiger partial charge is 0.174 e. The third kappa shape index (κ3) is 3.78. The summed E-state index contributed by atoms with van der Waals surface area (Å²) in [6, 6.07) is 16.5. The molecular formula is C22H25N7O. The summed E-state index contributed by atoms with van der Waals surface area (Å²) >= 11 is 0. The maximum Gasteiger partial charge on any atom is 0.174 e. The van der Waals surface area contributed by atoms with Gasteiger partial charge < -0.3 is 15.0 Å². The van der Waals surface area contributed by atoms with E-state index >= 15 is 0 Å². The van der Waals surface area contributed by atoms with E-state index in [1.165, 1.54) is 5.56 Å². The second kappa shape index (κ2) is 8.23. The van der Waals surface area contributed by atoms with Crippen LogP contribution in [0.3, 0.4) is 0 Å². The predicted octanol–water partition coefficient (Wildman–Crippen LogP) is 3.69. The van der Waals surface area contributed by atoms with E-state index in [9.17, 15) is 0 Å². The highest BCUT2D eigenvalue weighted by Gasteiger charge is 2.28. The van der Waals surface area contributed by atoms with E-state index in [2.05, 4.69) is 68.1 Å². The number of ether oxygens (including phenoxy) is 1. The highest BCUT2D eigenvalue weighted by Crippen LogP contribution is 2.33. The Morgan fingerprint density at radius 3 is 2.97 bits per heavy atom. The second-order valence-electron chi connectivity index (χ2n) is 7.81. The lowest BCUT2D eigenvalue weighted by Crippen LogP contribution is -2.25. The van der Waals surface area contributed by atoms with Crippen molar-refractivity contribution in [3.63, 3.8) is 0 Å². The first kappa shape index (κ1) is 18.7. The lowest BCUT2D eigenvalue weighted by Gasteiger charge is -2.26. The fourth-order valence-electron chi connectivity index (χ4n) is 4.11. The Bertz CT molecular complexity index is 1100. The van der Waals surface area contributed by atoms with E-state index in [1.807, 2.05) is 22.9 Å². The average molecular weight is 403 g/mol. The SMILES string of the molecule is CC(c1ccccc1)C(Nc1ccc2[nH]cnc2c1)c1nnnn1CC1CCCO1. The third-order valence-corrected chi connectivity index (χ3v) is 5.81. The molecule has 0 bridgehead atoms. The van der Waals surface area contributed by atoms with Crippen molar-refractivity contribution in [2.24, 2.45) is 0 Å². The second-order valence-corrected chi connectivity index (χ2v) is 7.81. The summed E-state index contributed by atoms with van der Waals surface area (Å²) in [5.74, 6) is 0.958. The van der Waals surface area contributed by atoms with E-state index in [0.717, 1.165) is 42.0 Å². The zero-order chi connectivity index (χ0) is 20.3. The van der Waals surface area contributed by atoms with Gasteiger partial charge in [-0.2, -0.15) is 0 Å². The summed E-state index contributed by atoms with van der Waals surface area (Å²) in [4.78, 5) is 7.52. The van der Waals surface area contributed by atoms with Crippen molar-refractivity contribution >= 4 is 16.7 Å². The number of aromatic amines is 1. The van der Waals surface area contributed by atoms with Crippen LogP contribution in [0.1, 0.15) is 43.1 Å². The zero-order valence-corrected chi connectivity index (χ0v) is 16.9. The molecule has 1 fully saturated rings. The van der Waals surface area contributed by atoms with Crippen LogP contribution < -0.4 is 5.32 Å². The fraction of sp³-hybridized carbons (Fsp3) is 0.364. The number of nitrogens with zero attached hydrogens (tertiary/aromatic N) is 5. The number of imidazole rings is 1. The molecule has 154 valence electrons. The van der Waals surface area contributed by atoms with Gasteiger partial charge in [0.25, 0.3) is 0 Å². The lowest BCUT2D eigenvalue weighted by molar-refractivity contribution is 0.0923. The Morgan fingerprint density at radius 2 is 2.13 bits per heavy atom. The molecule has 2 N–H and O–H groups in total. The van der Waals surface area contributed by atoms with Crippen LogP contribution in [0.2, 0.25) is 0 Å². The third-order valence-electron chi connectivity index (χ3n) is 5.81. The molecule has 8 heteroatoms. The minimum absolute atomic E-state index is 0.111. The van der Waals surface area contributed by atoms with Crippen LogP contribution in [0.15, 0.2) is 54.9 Å². The Balaban J connectivity index is 1.49. The molecule has 0 saturated carbocycles. The molecule has 0 aliphatic carbocycles. The number of benzene rings is 2. The maximum absolute atomic E-state index is 5.82. The van der Waals surface area contributed by atoms with Gasteiger partial charge in [0.2, 0.25) is 0 Å². The van der Waals surface area contributed by atoms with Crippen LogP contribution >= 0.6 is 0 Å². The van der Waals surface area contributed by atoms with Gasteiger partial charge in [0.15, 0.2) is 5.82 Å². The van der Waals surface area contributed by atoms with Crippen LogP contribution in [0.4, 0.5) is 5.69 Å². The van der Waals surface area contributed by atoms with E-state index in [4.69, 9.17) is 4.74 Å². The molecule has 3 atom stereocenters. The van der Waals surface area contributed by atoms with Gasteiger partial charge in [-0.1, -0.05) is 37.3 Å². The molecule has 1 aliphatic heterocycles. The van der Waals surface area contributed by atoms with E-state index in [-0.39, 0.29) is 18.1 Å². The van der Waals surface area contributed by atoms with E-state index in [1.54, 1.807) is 6.33 Å². The molecule has 5 rings (SSSR count). The van der Waals surface area contributed by atoms with Crippen molar-refractivity contribution in [3.8, 4) is 0 Å². The summed E-state index contributed by atoms with van der Waals surface area (Å²) in [5, 5.41) is 16.4. The monoisotopic (exact) mass is 403 g/mol. The number of aromatic nitrogens is 6. The van der Waals surface area contributed by atoms with Gasteiger partial charge in [0, 0.05) is 18.2 Å². The van der Waals surface area contributed by atoms with Crippen molar-refractivity contribution in [2.45, 2.75) is 44.4 Å². The number of H-pyrrole nitrogens is 1. The van der Waals surface area contributed by atoms with Crippen LogP contribution in [0, 0.1) is 0 Å². The molecule has 4 aromatic rings. The Kier molecular flexibility index (Phi) is 5.15. The first-order valence-corrected chi connectivity index (χ1v) is 10.4. The first-order valence-electron chi connectivity index (χ1n) is 10.4. The Morgan fingerprint density at radius 1 is 1.23 bits per heavy atom. The summed E-state index contributed by atoms with van der Waals surface area (Å²) in [7, 11) is 0. The molecular weight excluding hydrogens is 378 g/mol. The molecule has 3 unspecified atom stereocenters. The number of tetrazole rings is 1. The van der Waals surface area contributed by atoms with Crippen molar-refractivity contribution < 1.29 is 4.74 Å². The number of hydrogen-bond donors (Lipinski definition) is 2. The molecule has 2 aromatic carbocycles. The molecule has 0 spiro atoms. The van der Waals surface area contributed by atoms with Crippen molar-refractivity contribution in [1.82, 2.24) is 30.2 Å².